The van der Waals surface area contributed by atoms with Crippen LogP contribution in [0.15, 0.2) is 66.0 Å². The van der Waals surface area contributed by atoms with Gasteiger partial charge >= 0.3 is 0 Å². The molecule has 0 aliphatic rings. The molecule has 3 aromatic rings. The molecule has 3 rings (SSSR count). The number of aryl methyl sites for hydroxylation is 1. The average molecular weight is 423 g/mol. The Morgan fingerprint density at radius 3 is 2.71 bits per heavy atom. The van der Waals surface area contributed by atoms with Gasteiger partial charge in [0.1, 0.15) is 0 Å². The molecule has 8 heteroatoms. The minimum absolute atomic E-state index is 0.528. The minimum atomic E-state index is 0.528. The van der Waals surface area contributed by atoms with Crippen LogP contribution in [0.25, 0.3) is 0 Å². The molecule has 31 heavy (non-hydrogen) atoms. The fourth-order valence-electron chi connectivity index (χ4n) is 2.90. The lowest BCUT2D eigenvalue weighted by Crippen LogP contribution is -2.37. The minimum Gasteiger partial charge on any atom is -0.490 e. The zero-order valence-corrected chi connectivity index (χ0v) is 18.1. The van der Waals surface area contributed by atoms with E-state index in [0.717, 1.165) is 37.5 Å². The second-order valence-corrected chi connectivity index (χ2v) is 6.84. The predicted molar refractivity (Wildman–Crippen MR) is 122 cm³/mol. The number of aliphatic imine (C=N–C) groups is 1. The van der Waals surface area contributed by atoms with Crippen LogP contribution < -0.4 is 20.1 Å². The third-order valence-corrected chi connectivity index (χ3v) is 4.45. The smallest absolute Gasteiger partial charge is 0.224 e. The lowest BCUT2D eigenvalue weighted by molar-refractivity contribution is 0.300. The summed E-state index contributed by atoms with van der Waals surface area (Å²) < 4.78 is 13.8. The van der Waals surface area contributed by atoms with Crippen molar-refractivity contribution in [3.63, 3.8) is 0 Å². The molecule has 0 fully saturated rings. The summed E-state index contributed by atoms with van der Waals surface area (Å²) >= 11 is 0. The molecule has 1 aromatic carbocycles. The summed E-state index contributed by atoms with van der Waals surface area (Å²) in [4.78, 5) is 8.71. The van der Waals surface area contributed by atoms with Gasteiger partial charge in [0.05, 0.1) is 6.61 Å². The van der Waals surface area contributed by atoms with Gasteiger partial charge in [0, 0.05) is 50.8 Å². The van der Waals surface area contributed by atoms with E-state index < -0.39 is 0 Å². The average Bonchev–Trinajstić information content (AvgIpc) is 3.32. The number of hydrogen-bond acceptors (Lipinski definition) is 5. The highest BCUT2D eigenvalue weighted by Crippen LogP contribution is 2.31. The van der Waals surface area contributed by atoms with Crippen LogP contribution in [0.3, 0.4) is 0 Å². The molecule has 164 valence electrons. The molecule has 0 saturated carbocycles. The highest BCUT2D eigenvalue weighted by atomic mass is 16.5. The molecule has 0 saturated heterocycles. The van der Waals surface area contributed by atoms with Crippen LogP contribution >= 0.6 is 0 Å². The van der Waals surface area contributed by atoms with E-state index in [2.05, 4.69) is 32.6 Å². The van der Waals surface area contributed by atoms with Crippen molar-refractivity contribution in [1.82, 2.24) is 25.4 Å². The van der Waals surface area contributed by atoms with Crippen LogP contribution in [0.4, 0.5) is 0 Å². The number of guanidine groups is 1. The van der Waals surface area contributed by atoms with E-state index in [0.29, 0.717) is 30.5 Å². The Kier molecular flexibility index (Phi) is 8.72. The van der Waals surface area contributed by atoms with Gasteiger partial charge in [0.15, 0.2) is 17.5 Å². The molecule has 2 heterocycles. The topological polar surface area (TPSA) is 85.6 Å². The van der Waals surface area contributed by atoms with Crippen LogP contribution in [0, 0.1) is 0 Å². The highest BCUT2D eigenvalue weighted by molar-refractivity contribution is 5.79. The van der Waals surface area contributed by atoms with Gasteiger partial charge in [-0.05, 0) is 37.1 Å². The maximum absolute atomic E-state index is 6.10. The normalized spacial score (nSPS) is 11.2. The van der Waals surface area contributed by atoms with Crippen LogP contribution in [0.1, 0.15) is 25.3 Å². The number of nitrogens with zero attached hydrogens (tertiary/aromatic N) is 4. The number of pyridine rings is 1. The summed E-state index contributed by atoms with van der Waals surface area (Å²) in [5, 5.41) is 10.8. The third kappa shape index (κ3) is 7.02. The van der Waals surface area contributed by atoms with Gasteiger partial charge in [0.2, 0.25) is 5.88 Å². The van der Waals surface area contributed by atoms with E-state index >= 15 is 0 Å². The predicted octanol–water partition coefficient (Wildman–Crippen LogP) is 3.61. The third-order valence-electron chi connectivity index (χ3n) is 4.45. The van der Waals surface area contributed by atoms with Gasteiger partial charge in [-0.15, -0.1) is 0 Å². The van der Waals surface area contributed by atoms with Crippen molar-refractivity contribution in [3.8, 4) is 17.4 Å². The molecule has 0 aliphatic heterocycles. The van der Waals surface area contributed by atoms with Gasteiger partial charge in [0.25, 0.3) is 0 Å². The SMILES string of the molecule is CCCOc1ccccc1Oc1ncccc1CNC(=NC)NCCCn1cccn1. The van der Waals surface area contributed by atoms with Crippen molar-refractivity contribution < 1.29 is 9.47 Å². The number of nitrogens with one attached hydrogen (secondary N) is 2. The summed E-state index contributed by atoms with van der Waals surface area (Å²) in [5.74, 6) is 2.62. The Labute approximate surface area is 183 Å². The highest BCUT2D eigenvalue weighted by Gasteiger charge is 2.11. The first-order chi connectivity index (χ1) is 15.3. The monoisotopic (exact) mass is 422 g/mol. The summed E-state index contributed by atoms with van der Waals surface area (Å²) in [7, 11) is 1.75. The molecule has 2 aromatic heterocycles. The summed E-state index contributed by atoms with van der Waals surface area (Å²) in [6.45, 7) is 4.89. The molecule has 0 atom stereocenters. The number of aromatic nitrogens is 3. The quantitative estimate of drug-likeness (QED) is 0.279. The van der Waals surface area contributed by atoms with E-state index in [9.17, 15) is 0 Å². The van der Waals surface area contributed by atoms with E-state index in [4.69, 9.17) is 9.47 Å². The molecule has 0 radical (unpaired) electrons. The first kappa shape index (κ1) is 22.1. The fourth-order valence-corrected chi connectivity index (χ4v) is 2.90. The zero-order valence-electron chi connectivity index (χ0n) is 18.1. The molecule has 8 nitrogen and oxygen atoms in total. The lowest BCUT2D eigenvalue weighted by atomic mass is 10.2. The standard InChI is InChI=1S/C23H30N6O2/c1-3-17-30-20-10-4-5-11-21(20)31-22-19(9-6-12-25-22)18-27-23(24-2)26-13-7-15-29-16-8-14-28-29/h4-6,8-12,14,16H,3,7,13,15,17-18H2,1-2H3,(H2,24,26,27). The first-order valence-electron chi connectivity index (χ1n) is 10.6. The number of rotatable bonds is 11. The van der Waals surface area contributed by atoms with E-state index in [1.807, 2.05) is 53.3 Å². The lowest BCUT2D eigenvalue weighted by Gasteiger charge is -2.15. The molecular formula is C23H30N6O2. The molecule has 0 spiro atoms. The van der Waals surface area contributed by atoms with E-state index in [1.165, 1.54) is 0 Å². The Balaban J connectivity index is 1.55. The van der Waals surface area contributed by atoms with Crippen molar-refractivity contribution in [2.24, 2.45) is 4.99 Å². The summed E-state index contributed by atoms with van der Waals surface area (Å²) in [5.41, 5.74) is 0.923. The van der Waals surface area contributed by atoms with Crippen molar-refractivity contribution in [1.29, 1.82) is 0 Å². The molecule has 0 bridgehead atoms. The van der Waals surface area contributed by atoms with E-state index in [-0.39, 0.29) is 0 Å². The number of hydrogen-bond donors (Lipinski definition) is 2. The molecule has 0 unspecified atom stereocenters. The molecular weight excluding hydrogens is 392 g/mol. The zero-order chi connectivity index (χ0) is 21.7. The Morgan fingerprint density at radius 1 is 1.06 bits per heavy atom. The second kappa shape index (κ2) is 12.2. The van der Waals surface area contributed by atoms with Crippen molar-refractivity contribution in [2.45, 2.75) is 32.9 Å². The molecule has 0 aliphatic carbocycles. The van der Waals surface area contributed by atoms with Crippen molar-refractivity contribution in [3.05, 3.63) is 66.6 Å². The van der Waals surface area contributed by atoms with Gasteiger partial charge in [-0.2, -0.15) is 5.10 Å². The van der Waals surface area contributed by atoms with E-state index in [1.54, 1.807) is 19.4 Å². The van der Waals surface area contributed by atoms with Crippen LogP contribution in [-0.2, 0) is 13.1 Å². The maximum atomic E-state index is 6.10. The maximum Gasteiger partial charge on any atom is 0.224 e. The Bertz CT molecular complexity index is 943. The fraction of sp³-hybridized carbons (Fsp3) is 0.348. The van der Waals surface area contributed by atoms with Crippen LogP contribution in [0.2, 0.25) is 0 Å². The second-order valence-electron chi connectivity index (χ2n) is 6.84. The van der Waals surface area contributed by atoms with Gasteiger partial charge in [-0.25, -0.2) is 4.98 Å². The number of ether oxygens (including phenoxy) is 2. The first-order valence-corrected chi connectivity index (χ1v) is 10.6. The largest absolute Gasteiger partial charge is 0.490 e. The number of benzene rings is 1. The van der Waals surface area contributed by atoms with Crippen LogP contribution in [0.5, 0.6) is 17.4 Å². The Morgan fingerprint density at radius 2 is 1.94 bits per heavy atom. The summed E-state index contributed by atoms with van der Waals surface area (Å²) in [6.07, 6.45) is 7.34. The number of para-hydroxylation sites is 2. The molecule has 0 amide bonds. The van der Waals surface area contributed by atoms with Gasteiger partial charge in [-0.3, -0.25) is 9.67 Å². The van der Waals surface area contributed by atoms with Crippen molar-refractivity contribution in [2.75, 3.05) is 20.2 Å². The van der Waals surface area contributed by atoms with Gasteiger partial charge < -0.3 is 20.1 Å². The van der Waals surface area contributed by atoms with Crippen molar-refractivity contribution >= 4 is 5.96 Å². The summed E-state index contributed by atoms with van der Waals surface area (Å²) in [6, 6.07) is 13.4. The van der Waals surface area contributed by atoms with Crippen LogP contribution in [-0.4, -0.2) is 40.9 Å². The molecule has 2 N–H and O–H groups in total. The Hall–Kier alpha value is -3.55. The van der Waals surface area contributed by atoms with Gasteiger partial charge in [-0.1, -0.05) is 25.1 Å².